The van der Waals surface area contributed by atoms with Crippen molar-refractivity contribution < 1.29 is 13.6 Å². The van der Waals surface area contributed by atoms with E-state index in [1.807, 2.05) is 43.1 Å². The monoisotopic (exact) mass is 324 g/mol. The van der Waals surface area contributed by atoms with Gasteiger partial charge in [-0.2, -0.15) is 0 Å². The number of carbonyl (C=O) groups excluding carboxylic acids is 1. The van der Waals surface area contributed by atoms with Gasteiger partial charge < -0.3 is 0 Å². The number of Topliss-reactive ketones (excluding diaryl/α,β-unsaturated/α-hetero) is 1. The number of hydrogen-bond donors (Lipinski definition) is 0. The molecule has 3 nitrogen and oxygen atoms in total. The zero-order chi connectivity index (χ0) is 17.5. The van der Waals surface area contributed by atoms with Crippen LogP contribution in [0.2, 0.25) is 0 Å². The van der Waals surface area contributed by atoms with Crippen LogP contribution in [0.15, 0.2) is 40.6 Å². The Balaban J connectivity index is 2.94. The van der Waals surface area contributed by atoms with Crippen molar-refractivity contribution in [1.29, 1.82) is 0 Å². The van der Waals surface area contributed by atoms with Crippen LogP contribution in [0, 0.1) is 0 Å². The van der Waals surface area contributed by atoms with E-state index < -0.39 is 5.92 Å². The number of rotatable bonds is 6. The Morgan fingerprint density at radius 3 is 2.30 bits per heavy atom. The van der Waals surface area contributed by atoms with Gasteiger partial charge in [0.2, 0.25) is 0 Å². The average molecular weight is 324 g/mol. The summed E-state index contributed by atoms with van der Waals surface area (Å²) in [5.41, 5.74) is 2.12. The van der Waals surface area contributed by atoms with E-state index in [0.717, 1.165) is 11.3 Å². The number of piperidine rings is 1. The Morgan fingerprint density at radius 1 is 1.17 bits per heavy atom. The normalized spacial score (nSPS) is 21.0. The van der Waals surface area contributed by atoms with Crippen molar-refractivity contribution in [3.8, 4) is 0 Å². The van der Waals surface area contributed by atoms with Crippen LogP contribution >= 0.6 is 0 Å². The molecule has 0 aliphatic carbocycles. The molecule has 0 amide bonds. The van der Waals surface area contributed by atoms with Gasteiger partial charge >= 0.3 is 0 Å². The zero-order valence-electron chi connectivity index (χ0n) is 14.4. The molecule has 0 aromatic heterocycles. The van der Waals surface area contributed by atoms with Crippen molar-refractivity contribution in [2.75, 3.05) is 19.6 Å². The van der Waals surface area contributed by atoms with Crippen molar-refractivity contribution in [3.63, 3.8) is 0 Å². The number of nitrogens with zero attached hydrogens (tertiary/aromatic N) is 2. The lowest BCUT2D eigenvalue weighted by Crippen LogP contribution is -2.40. The summed E-state index contributed by atoms with van der Waals surface area (Å²) in [6, 6.07) is 0. The lowest BCUT2D eigenvalue weighted by molar-refractivity contribution is -0.111. The van der Waals surface area contributed by atoms with Gasteiger partial charge in [0.05, 0.1) is 11.4 Å². The third kappa shape index (κ3) is 6.99. The van der Waals surface area contributed by atoms with E-state index in [2.05, 4.69) is 4.99 Å². The number of ketones is 1. The molecule has 1 aliphatic rings. The average Bonchev–Trinajstić information content (AvgIpc) is 2.48. The predicted octanol–water partition coefficient (Wildman–Crippen LogP) is 4.17. The van der Waals surface area contributed by atoms with Crippen molar-refractivity contribution in [1.82, 2.24) is 4.90 Å². The first-order valence-corrected chi connectivity index (χ1v) is 7.90. The third-order valence-electron chi connectivity index (χ3n) is 3.88. The lowest BCUT2D eigenvalue weighted by atomic mass is 10.1. The summed E-state index contributed by atoms with van der Waals surface area (Å²) in [6.07, 6.45) is 7.40. The minimum absolute atomic E-state index is 0.0853. The quantitative estimate of drug-likeness (QED) is 0.542. The Kier molecular flexibility index (Phi) is 7.49. The van der Waals surface area contributed by atoms with Gasteiger partial charge in [-0.3, -0.25) is 14.7 Å². The number of likely N-dealkylation sites (tertiary alicyclic amines) is 1. The van der Waals surface area contributed by atoms with Gasteiger partial charge in [0.15, 0.2) is 5.78 Å². The molecule has 0 aromatic carbocycles. The molecule has 23 heavy (non-hydrogen) atoms. The highest BCUT2D eigenvalue weighted by molar-refractivity contribution is 6.38. The number of alkyl halides is 2. The van der Waals surface area contributed by atoms with Crippen molar-refractivity contribution in [2.24, 2.45) is 4.99 Å². The van der Waals surface area contributed by atoms with Crippen LogP contribution in [-0.4, -0.2) is 42.0 Å². The molecular weight excluding hydrogens is 298 g/mol. The van der Waals surface area contributed by atoms with Crippen LogP contribution in [0.4, 0.5) is 8.78 Å². The van der Waals surface area contributed by atoms with E-state index in [1.165, 1.54) is 6.92 Å². The smallest absolute Gasteiger partial charge is 0.250 e. The van der Waals surface area contributed by atoms with Crippen molar-refractivity contribution in [2.45, 2.75) is 46.5 Å². The summed E-state index contributed by atoms with van der Waals surface area (Å²) >= 11 is 0. The maximum Gasteiger partial charge on any atom is 0.250 e. The largest absolute Gasteiger partial charge is 0.297 e. The molecule has 1 heterocycles. The maximum atomic E-state index is 13.3. The van der Waals surface area contributed by atoms with Gasteiger partial charge in [0, 0.05) is 39.4 Å². The Morgan fingerprint density at radius 2 is 1.78 bits per heavy atom. The topological polar surface area (TPSA) is 32.7 Å². The lowest BCUT2D eigenvalue weighted by Gasteiger charge is -2.31. The second-order valence-corrected chi connectivity index (χ2v) is 5.90. The van der Waals surface area contributed by atoms with Gasteiger partial charge in [-0.15, -0.1) is 0 Å². The molecule has 1 fully saturated rings. The molecule has 1 rings (SSSR count). The summed E-state index contributed by atoms with van der Waals surface area (Å²) in [4.78, 5) is 17.8. The first-order chi connectivity index (χ1) is 10.7. The standard InChI is InChI=1S/C18H26F2N2O/c1-5-6-7-8-14(2)17(21-15(3)16(4)23)13-22-11-9-18(19,20)10-12-22/h5-8H,9-13H2,1-4H3/b6-5-,8-7-,17-14+,21-15?. The molecular formula is C18H26F2N2O. The van der Waals surface area contributed by atoms with E-state index >= 15 is 0 Å². The van der Waals surface area contributed by atoms with Gasteiger partial charge in [-0.1, -0.05) is 24.3 Å². The fraction of sp³-hybridized carbons (Fsp3) is 0.556. The van der Waals surface area contributed by atoms with Crippen LogP contribution in [-0.2, 0) is 4.79 Å². The fourth-order valence-corrected chi connectivity index (χ4v) is 2.19. The van der Waals surface area contributed by atoms with Crippen LogP contribution in [0.5, 0.6) is 0 Å². The van der Waals surface area contributed by atoms with E-state index in [1.54, 1.807) is 6.92 Å². The number of allylic oxidation sites excluding steroid dienone is 5. The molecule has 128 valence electrons. The van der Waals surface area contributed by atoms with E-state index in [0.29, 0.717) is 25.3 Å². The second kappa shape index (κ2) is 8.87. The second-order valence-electron chi connectivity index (χ2n) is 5.90. The molecule has 0 unspecified atom stereocenters. The van der Waals surface area contributed by atoms with Crippen LogP contribution in [0.3, 0.4) is 0 Å². The zero-order valence-corrected chi connectivity index (χ0v) is 14.4. The van der Waals surface area contributed by atoms with E-state index in [4.69, 9.17) is 0 Å². The Bertz CT molecular complexity index is 535. The van der Waals surface area contributed by atoms with Gasteiger partial charge in [-0.25, -0.2) is 8.78 Å². The molecule has 1 saturated heterocycles. The minimum Gasteiger partial charge on any atom is -0.297 e. The van der Waals surface area contributed by atoms with Gasteiger partial charge in [0.25, 0.3) is 5.92 Å². The highest BCUT2D eigenvalue weighted by atomic mass is 19.3. The first-order valence-electron chi connectivity index (χ1n) is 7.90. The predicted molar refractivity (Wildman–Crippen MR) is 91.1 cm³/mol. The minimum atomic E-state index is -2.56. The SMILES string of the molecule is C\C=C/C=C\C(C)=C(/CN1CCC(F)(F)CC1)N=C(C)C(C)=O. The Labute approximate surface area is 137 Å². The number of aliphatic imine (C=N–C) groups is 1. The molecule has 0 saturated carbocycles. The fourth-order valence-electron chi connectivity index (χ4n) is 2.19. The summed E-state index contributed by atoms with van der Waals surface area (Å²) in [5.74, 6) is -2.64. The van der Waals surface area contributed by atoms with Crippen molar-refractivity contribution in [3.05, 3.63) is 35.6 Å². The molecule has 0 N–H and O–H groups in total. The maximum absolute atomic E-state index is 13.3. The molecule has 0 atom stereocenters. The first kappa shape index (κ1) is 19.4. The number of halogens is 2. The highest BCUT2D eigenvalue weighted by Crippen LogP contribution is 2.28. The summed E-state index contributed by atoms with van der Waals surface area (Å²) in [6.45, 7) is 8.17. The van der Waals surface area contributed by atoms with E-state index in [9.17, 15) is 13.6 Å². The highest BCUT2D eigenvalue weighted by Gasteiger charge is 2.34. The number of carbonyl (C=O) groups is 1. The van der Waals surface area contributed by atoms with Crippen molar-refractivity contribution >= 4 is 11.5 Å². The molecule has 5 heteroatoms. The molecule has 1 aliphatic heterocycles. The van der Waals surface area contributed by atoms with Crippen LogP contribution < -0.4 is 0 Å². The number of hydrogen-bond acceptors (Lipinski definition) is 3. The molecule has 0 radical (unpaired) electrons. The summed E-state index contributed by atoms with van der Waals surface area (Å²) in [5, 5.41) is 0. The summed E-state index contributed by atoms with van der Waals surface area (Å²) < 4.78 is 26.5. The Hall–Kier alpha value is -1.62. The van der Waals surface area contributed by atoms with Gasteiger partial charge in [-0.05, 0) is 26.3 Å². The third-order valence-corrected chi connectivity index (χ3v) is 3.88. The molecule has 0 bridgehead atoms. The molecule has 0 aromatic rings. The van der Waals surface area contributed by atoms with Gasteiger partial charge in [0.1, 0.15) is 0 Å². The summed E-state index contributed by atoms with van der Waals surface area (Å²) in [7, 11) is 0. The van der Waals surface area contributed by atoms with Crippen LogP contribution in [0.25, 0.3) is 0 Å². The van der Waals surface area contributed by atoms with E-state index in [-0.39, 0.29) is 18.6 Å². The van der Waals surface area contributed by atoms with Crippen LogP contribution in [0.1, 0.15) is 40.5 Å². The molecule has 0 spiro atoms.